The molecule has 0 aliphatic heterocycles. The van der Waals surface area contributed by atoms with Crippen molar-refractivity contribution in [1.29, 1.82) is 0 Å². The van der Waals surface area contributed by atoms with E-state index in [-0.39, 0.29) is 5.91 Å². The van der Waals surface area contributed by atoms with Crippen molar-refractivity contribution in [3.8, 4) is 11.1 Å². The van der Waals surface area contributed by atoms with E-state index in [0.29, 0.717) is 12.1 Å². The molecular formula is C22H22N2O. The van der Waals surface area contributed by atoms with Crippen molar-refractivity contribution in [1.82, 2.24) is 10.3 Å². The maximum absolute atomic E-state index is 12.4. The van der Waals surface area contributed by atoms with Gasteiger partial charge in [-0.3, -0.25) is 9.78 Å². The fourth-order valence-electron chi connectivity index (χ4n) is 2.93. The first-order valence-electron chi connectivity index (χ1n) is 8.48. The van der Waals surface area contributed by atoms with Gasteiger partial charge in [-0.2, -0.15) is 0 Å². The summed E-state index contributed by atoms with van der Waals surface area (Å²) in [6.07, 6.45) is 4.23. The van der Waals surface area contributed by atoms with E-state index >= 15 is 0 Å². The lowest BCUT2D eigenvalue weighted by Crippen LogP contribution is -2.25. The smallest absolute Gasteiger partial charge is 0.252 e. The zero-order chi connectivity index (χ0) is 17.6. The number of benzene rings is 2. The first-order valence-corrected chi connectivity index (χ1v) is 8.48. The summed E-state index contributed by atoms with van der Waals surface area (Å²) in [5.41, 5.74) is 6.25. The summed E-state index contributed by atoms with van der Waals surface area (Å²) in [5, 5.41) is 2.97. The van der Waals surface area contributed by atoms with E-state index < -0.39 is 0 Å². The van der Waals surface area contributed by atoms with Gasteiger partial charge >= 0.3 is 0 Å². The van der Waals surface area contributed by atoms with Crippen molar-refractivity contribution >= 4 is 5.91 Å². The number of hydrogen-bond donors (Lipinski definition) is 1. The van der Waals surface area contributed by atoms with Crippen LogP contribution in [-0.4, -0.2) is 17.4 Å². The average Bonchev–Trinajstić information content (AvgIpc) is 2.62. The van der Waals surface area contributed by atoms with Crippen molar-refractivity contribution < 1.29 is 4.79 Å². The van der Waals surface area contributed by atoms with Crippen LogP contribution in [0.4, 0.5) is 0 Å². The molecule has 25 heavy (non-hydrogen) atoms. The predicted molar refractivity (Wildman–Crippen MR) is 102 cm³/mol. The summed E-state index contributed by atoms with van der Waals surface area (Å²) >= 11 is 0. The van der Waals surface area contributed by atoms with E-state index in [1.54, 1.807) is 12.4 Å². The van der Waals surface area contributed by atoms with Gasteiger partial charge in [0.25, 0.3) is 5.91 Å². The summed E-state index contributed by atoms with van der Waals surface area (Å²) in [7, 11) is 0. The van der Waals surface area contributed by atoms with Crippen molar-refractivity contribution in [3.05, 3.63) is 89.2 Å². The number of hydrogen-bond acceptors (Lipinski definition) is 2. The molecule has 1 aromatic heterocycles. The van der Waals surface area contributed by atoms with Gasteiger partial charge in [0.15, 0.2) is 0 Å². The predicted octanol–water partition coefficient (Wildman–Crippen LogP) is 4.34. The maximum atomic E-state index is 12.4. The van der Waals surface area contributed by atoms with Crippen LogP contribution in [0.5, 0.6) is 0 Å². The minimum atomic E-state index is -0.0883. The van der Waals surface area contributed by atoms with Crippen molar-refractivity contribution in [3.63, 3.8) is 0 Å². The Morgan fingerprint density at radius 1 is 0.920 bits per heavy atom. The lowest BCUT2D eigenvalue weighted by molar-refractivity contribution is 0.0954. The standard InChI is InChI=1S/C22H22N2O/c1-16-10-17(2)12-19(11-16)20-13-21(15-23-14-20)22(25)24-9-8-18-6-4-3-5-7-18/h3-7,10-15H,8-9H2,1-2H3,(H,24,25). The van der Waals surface area contributed by atoms with Gasteiger partial charge in [0.2, 0.25) is 0 Å². The largest absolute Gasteiger partial charge is 0.352 e. The van der Waals surface area contributed by atoms with Gasteiger partial charge in [-0.1, -0.05) is 59.7 Å². The summed E-state index contributed by atoms with van der Waals surface area (Å²) in [6, 6.07) is 18.4. The van der Waals surface area contributed by atoms with Crippen LogP contribution in [0, 0.1) is 13.8 Å². The molecule has 0 fully saturated rings. The molecule has 0 unspecified atom stereocenters. The van der Waals surface area contributed by atoms with Crippen LogP contribution >= 0.6 is 0 Å². The Balaban J connectivity index is 1.69. The highest BCUT2D eigenvalue weighted by Crippen LogP contribution is 2.22. The fourth-order valence-corrected chi connectivity index (χ4v) is 2.93. The van der Waals surface area contributed by atoms with Crippen molar-refractivity contribution in [2.75, 3.05) is 6.54 Å². The van der Waals surface area contributed by atoms with Gasteiger partial charge in [0.1, 0.15) is 0 Å². The molecule has 0 spiro atoms. The summed E-state index contributed by atoms with van der Waals surface area (Å²) in [5.74, 6) is -0.0883. The Morgan fingerprint density at radius 3 is 2.36 bits per heavy atom. The highest BCUT2D eigenvalue weighted by molar-refractivity contribution is 5.95. The third-order valence-corrected chi connectivity index (χ3v) is 4.10. The van der Waals surface area contributed by atoms with Crippen LogP contribution in [0.3, 0.4) is 0 Å². The molecule has 3 heteroatoms. The van der Waals surface area contributed by atoms with Crippen LogP contribution in [0.1, 0.15) is 27.0 Å². The number of nitrogens with one attached hydrogen (secondary N) is 1. The van der Waals surface area contributed by atoms with Crippen LogP contribution in [0.25, 0.3) is 11.1 Å². The third kappa shape index (κ3) is 4.54. The molecule has 0 radical (unpaired) electrons. The number of carbonyl (C=O) groups is 1. The minimum absolute atomic E-state index is 0.0883. The molecular weight excluding hydrogens is 308 g/mol. The van der Waals surface area contributed by atoms with E-state index in [4.69, 9.17) is 0 Å². The van der Waals surface area contributed by atoms with E-state index in [0.717, 1.165) is 17.5 Å². The van der Waals surface area contributed by atoms with Crippen molar-refractivity contribution in [2.45, 2.75) is 20.3 Å². The quantitative estimate of drug-likeness (QED) is 0.756. The second-order valence-corrected chi connectivity index (χ2v) is 6.33. The molecule has 0 aliphatic carbocycles. The normalized spacial score (nSPS) is 10.5. The Labute approximate surface area is 148 Å². The van der Waals surface area contributed by atoms with E-state index in [9.17, 15) is 4.79 Å². The first kappa shape index (κ1) is 16.9. The molecule has 0 atom stereocenters. The zero-order valence-electron chi connectivity index (χ0n) is 14.6. The molecule has 1 heterocycles. The number of aryl methyl sites for hydroxylation is 2. The van der Waals surface area contributed by atoms with Gasteiger partial charge < -0.3 is 5.32 Å². The second-order valence-electron chi connectivity index (χ2n) is 6.33. The van der Waals surface area contributed by atoms with Gasteiger partial charge in [-0.15, -0.1) is 0 Å². The monoisotopic (exact) mass is 330 g/mol. The highest BCUT2D eigenvalue weighted by Gasteiger charge is 2.08. The number of nitrogens with zero attached hydrogens (tertiary/aromatic N) is 1. The Hall–Kier alpha value is -2.94. The van der Waals surface area contributed by atoms with E-state index in [1.807, 2.05) is 24.3 Å². The molecule has 0 saturated carbocycles. The summed E-state index contributed by atoms with van der Waals surface area (Å²) < 4.78 is 0. The summed E-state index contributed by atoms with van der Waals surface area (Å²) in [6.45, 7) is 4.75. The van der Waals surface area contributed by atoms with E-state index in [2.05, 4.69) is 54.5 Å². The van der Waals surface area contributed by atoms with Crippen LogP contribution < -0.4 is 5.32 Å². The SMILES string of the molecule is Cc1cc(C)cc(-c2cncc(C(=O)NCCc3ccccc3)c2)c1. The van der Waals surface area contributed by atoms with E-state index in [1.165, 1.54) is 16.7 Å². The minimum Gasteiger partial charge on any atom is -0.352 e. The zero-order valence-corrected chi connectivity index (χ0v) is 14.6. The molecule has 1 amide bonds. The fraction of sp³-hybridized carbons (Fsp3) is 0.182. The average molecular weight is 330 g/mol. The maximum Gasteiger partial charge on any atom is 0.252 e. The first-order chi connectivity index (χ1) is 12.1. The van der Waals surface area contributed by atoms with Crippen LogP contribution in [-0.2, 0) is 6.42 Å². The number of carbonyl (C=O) groups excluding carboxylic acids is 1. The van der Waals surface area contributed by atoms with Gasteiger partial charge in [-0.25, -0.2) is 0 Å². The molecule has 3 aromatic rings. The molecule has 1 N–H and O–H groups in total. The number of aromatic nitrogens is 1. The Bertz CT molecular complexity index is 852. The van der Waals surface area contributed by atoms with Crippen molar-refractivity contribution in [2.24, 2.45) is 0 Å². The molecule has 0 aliphatic rings. The third-order valence-electron chi connectivity index (χ3n) is 4.10. The summed E-state index contributed by atoms with van der Waals surface area (Å²) in [4.78, 5) is 16.6. The number of pyridine rings is 1. The number of amides is 1. The lowest BCUT2D eigenvalue weighted by atomic mass is 10.0. The van der Waals surface area contributed by atoms with Crippen LogP contribution in [0.2, 0.25) is 0 Å². The Kier molecular flexibility index (Phi) is 5.24. The van der Waals surface area contributed by atoms with Gasteiger partial charge in [-0.05, 0) is 37.5 Å². The van der Waals surface area contributed by atoms with Crippen LogP contribution in [0.15, 0.2) is 67.0 Å². The molecule has 0 saturated heterocycles. The molecule has 3 rings (SSSR count). The second kappa shape index (κ2) is 7.75. The Morgan fingerprint density at radius 2 is 1.64 bits per heavy atom. The topological polar surface area (TPSA) is 42.0 Å². The molecule has 3 nitrogen and oxygen atoms in total. The highest BCUT2D eigenvalue weighted by atomic mass is 16.1. The van der Waals surface area contributed by atoms with Gasteiger partial charge in [0.05, 0.1) is 5.56 Å². The molecule has 126 valence electrons. The van der Waals surface area contributed by atoms with Gasteiger partial charge in [0, 0.05) is 24.5 Å². The lowest BCUT2D eigenvalue weighted by Gasteiger charge is -2.08. The molecule has 2 aromatic carbocycles. The number of rotatable bonds is 5. The molecule has 0 bridgehead atoms.